The van der Waals surface area contributed by atoms with Gasteiger partial charge in [-0.1, -0.05) is 25.3 Å². The van der Waals surface area contributed by atoms with Crippen LogP contribution in [0, 0.1) is 5.92 Å². The minimum atomic E-state index is 0.00400. The number of allylic oxidation sites excluding steroid dienone is 1. The number of carbonyl (C=O) groups is 1. The van der Waals surface area contributed by atoms with Crippen molar-refractivity contribution in [1.29, 1.82) is 0 Å². The maximum atomic E-state index is 10.7. The van der Waals surface area contributed by atoms with Crippen LogP contribution in [-0.2, 0) is 4.79 Å². The molecule has 2 nitrogen and oxygen atoms in total. The highest BCUT2D eigenvalue weighted by Crippen LogP contribution is 2.29. The molecule has 1 N–H and O–H groups in total. The summed E-state index contributed by atoms with van der Waals surface area (Å²) in [7, 11) is 1.65. The molecule has 0 aromatic heterocycles. The summed E-state index contributed by atoms with van der Waals surface area (Å²) in [5, 5.41) is 2.55. The summed E-state index contributed by atoms with van der Waals surface area (Å²) in [6.45, 7) is 0. The Kier molecular flexibility index (Phi) is 3.14. The van der Waals surface area contributed by atoms with E-state index in [1.807, 2.05) is 6.08 Å². The van der Waals surface area contributed by atoms with Gasteiger partial charge in [0.05, 0.1) is 0 Å². The maximum absolute atomic E-state index is 10.7. The first kappa shape index (κ1) is 8.31. The summed E-state index contributed by atoms with van der Waals surface area (Å²) < 4.78 is 0. The average molecular weight is 153 g/mol. The molecule has 0 spiro atoms. The molecule has 1 rings (SSSR count). The molecule has 1 aliphatic carbocycles. The summed E-state index contributed by atoms with van der Waals surface area (Å²) in [6.07, 6.45) is 8.74. The van der Waals surface area contributed by atoms with Crippen molar-refractivity contribution in [3.8, 4) is 0 Å². The smallest absolute Gasteiger partial charge is 0.243 e. The highest BCUT2D eigenvalue weighted by Gasteiger charge is 2.14. The fraction of sp³-hybridized carbons (Fsp3) is 0.667. The zero-order valence-corrected chi connectivity index (χ0v) is 6.97. The topological polar surface area (TPSA) is 29.1 Å². The quantitative estimate of drug-likeness (QED) is 0.611. The predicted molar refractivity (Wildman–Crippen MR) is 45.2 cm³/mol. The Bertz CT molecular complexity index is 159. The van der Waals surface area contributed by atoms with Gasteiger partial charge in [-0.25, -0.2) is 0 Å². The number of amides is 1. The zero-order valence-electron chi connectivity index (χ0n) is 6.97. The number of hydrogen-bond donors (Lipinski definition) is 1. The van der Waals surface area contributed by atoms with Gasteiger partial charge in [0.2, 0.25) is 5.91 Å². The monoisotopic (exact) mass is 153 g/mol. The first-order chi connectivity index (χ1) is 5.33. The molecule has 0 unspecified atom stereocenters. The van der Waals surface area contributed by atoms with E-state index in [-0.39, 0.29) is 5.91 Å². The molecule has 0 bridgehead atoms. The third kappa shape index (κ3) is 2.74. The van der Waals surface area contributed by atoms with Gasteiger partial charge in [0.15, 0.2) is 0 Å². The van der Waals surface area contributed by atoms with Gasteiger partial charge >= 0.3 is 0 Å². The van der Waals surface area contributed by atoms with Crippen LogP contribution in [0.5, 0.6) is 0 Å². The van der Waals surface area contributed by atoms with Crippen LogP contribution in [-0.4, -0.2) is 13.0 Å². The third-order valence-electron chi connectivity index (χ3n) is 2.21. The van der Waals surface area contributed by atoms with Gasteiger partial charge in [-0.15, -0.1) is 0 Å². The Balaban J connectivity index is 2.09. The van der Waals surface area contributed by atoms with Crippen LogP contribution in [0.1, 0.15) is 25.7 Å². The van der Waals surface area contributed by atoms with Crippen molar-refractivity contribution in [3.63, 3.8) is 0 Å². The predicted octanol–water partition coefficient (Wildman–Crippen LogP) is 1.48. The Morgan fingerprint density at radius 2 is 2.36 bits per heavy atom. The van der Waals surface area contributed by atoms with Crippen LogP contribution in [0.15, 0.2) is 12.2 Å². The number of likely N-dealkylation sites (N-methyl/N-ethyl adjacent to an activating group) is 1. The van der Waals surface area contributed by atoms with Gasteiger partial charge in [-0.3, -0.25) is 4.79 Å². The van der Waals surface area contributed by atoms with Gasteiger partial charge in [-0.05, 0) is 18.4 Å². The molecular formula is C9H15NO. The van der Waals surface area contributed by atoms with Crippen molar-refractivity contribution < 1.29 is 4.79 Å². The van der Waals surface area contributed by atoms with Gasteiger partial charge < -0.3 is 5.32 Å². The van der Waals surface area contributed by atoms with Gasteiger partial charge in [0.25, 0.3) is 0 Å². The normalized spacial score (nSPS) is 18.3. The Morgan fingerprint density at radius 3 is 2.82 bits per heavy atom. The molecule has 0 heterocycles. The van der Waals surface area contributed by atoms with E-state index in [1.165, 1.54) is 19.3 Å². The van der Waals surface area contributed by atoms with E-state index in [2.05, 4.69) is 5.32 Å². The molecule has 11 heavy (non-hydrogen) atoms. The fourth-order valence-electron chi connectivity index (χ4n) is 1.18. The lowest BCUT2D eigenvalue weighted by molar-refractivity contribution is -0.116. The Hall–Kier alpha value is -0.790. The molecule has 0 aromatic rings. The minimum Gasteiger partial charge on any atom is -0.356 e. The van der Waals surface area contributed by atoms with E-state index in [1.54, 1.807) is 13.1 Å². The second-order valence-electron chi connectivity index (χ2n) is 3.05. The summed E-state index contributed by atoms with van der Waals surface area (Å²) in [5.74, 6) is 0.861. The van der Waals surface area contributed by atoms with Crippen molar-refractivity contribution in [2.45, 2.75) is 25.7 Å². The first-order valence-corrected chi connectivity index (χ1v) is 4.21. The van der Waals surface area contributed by atoms with E-state index < -0.39 is 0 Å². The summed E-state index contributed by atoms with van der Waals surface area (Å²) in [4.78, 5) is 10.7. The highest BCUT2D eigenvalue weighted by molar-refractivity contribution is 5.87. The largest absolute Gasteiger partial charge is 0.356 e. The molecule has 1 aliphatic rings. The number of carbonyl (C=O) groups excluding carboxylic acids is 1. The molecule has 0 radical (unpaired) electrons. The van der Waals surface area contributed by atoms with Gasteiger partial charge in [0.1, 0.15) is 0 Å². The molecule has 1 saturated carbocycles. The van der Waals surface area contributed by atoms with Crippen molar-refractivity contribution in [3.05, 3.63) is 12.2 Å². The molecule has 0 saturated heterocycles. The van der Waals surface area contributed by atoms with E-state index >= 15 is 0 Å². The van der Waals surface area contributed by atoms with Crippen molar-refractivity contribution >= 4 is 5.91 Å². The van der Waals surface area contributed by atoms with E-state index in [0.29, 0.717) is 0 Å². The molecule has 2 heteroatoms. The SMILES string of the molecule is CNC(=O)C=CCC1CCC1. The second-order valence-corrected chi connectivity index (χ2v) is 3.05. The second kappa shape index (κ2) is 4.16. The maximum Gasteiger partial charge on any atom is 0.243 e. The summed E-state index contributed by atoms with van der Waals surface area (Å²) >= 11 is 0. The summed E-state index contributed by atoms with van der Waals surface area (Å²) in [5.41, 5.74) is 0. The van der Waals surface area contributed by atoms with Crippen LogP contribution in [0.4, 0.5) is 0 Å². The minimum absolute atomic E-state index is 0.00400. The molecule has 62 valence electrons. The molecular weight excluding hydrogens is 138 g/mol. The van der Waals surface area contributed by atoms with E-state index in [9.17, 15) is 4.79 Å². The molecule has 0 atom stereocenters. The van der Waals surface area contributed by atoms with E-state index in [0.717, 1.165) is 12.3 Å². The summed E-state index contributed by atoms with van der Waals surface area (Å²) in [6, 6.07) is 0. The number of hydrogen-bond acceptors (Lipinski definition) is 1. The van der Waals surface area contributed by atoms with Crippen LogP contribution in [0.2, 0.25) is 0 Å². The number of nitrogens with one attached hydrogen (secondary N) is 1. The average Bonchev–Trinajstić information content (AvgIpc) is 1.94. The zero-order chi connectivity index (χ0) is 8.10. The van der Waals surface area contributed by atoms with E-state index in [4.69, 9.17) is 0 Å². The molecule has 0 aliphatic heterocycles. The van der Waals surface area contributed by atoms with Crippen LogP contribution in [0.3, 0.4) is 0 Å². The third-order valence-corrected chi connectivity index (χ3v) is 2.21. The first-order valence-electron chi connectivity index (χ1n) is 4.21. The lowest BCUT2D eigenvalue weighted by atomic mass is 9.83. The lowest BCUT2D eigenvalue weighted by Gasteiger charge is -2.23. The highest BCUT2D eigenvalue weighted by atomic mass is 16.1. The van der Waals surface area contributed by atoms with Crippen molar-refractivity contribution in [1.82, 2.24) is 5.32 Å². The Labute approximate surface area is 67.7 Å². The molecule has 1 amide bonds. The van der Waals surface area contributed by atoms with Crippen molar-refractivity contribution in [2.75, 3.05) is 7.05 Å². The van der Waals surface area contributed by atoms with Crippen LogP contribution < -0.4 is 5.32 Å². The van der Waals surface area contributed by atoms with Crippen LogP contribution in [0.25, 0.3) is 0 Å². The number of rotatable bonds is 3. The molecule has 1 fully saturated rings. The molecule has 0 aromatic carbocycles. The Morgan fingerprint density at radius 1 is 1.64 bits per heavy atom. The lowest BCUT2D eigenvalue weighted by Crippen LogP contribution is -2.14. The standard InChI is InChI=1S/C9H15NO/c1-10-9(11)7-3-6-8-4-2-5-8/h3,7-8H,2,4-6H2,1H3,(H,10,11). The van der Waals surface area contributed by atoms with Gasteiger partial charge in [-0.2, -0.15) is 0 Å². The van der Waals surface area contributed by atoms with Crippen LogP contribution >= 0.6 is 0 Å². The van der Waals surface area contributed by atoms with Gasteiger partial charge in [0, 0.05) is 7.05 Å². The fourth-order valence-corrected chi connectivity index (χ4v) is 1.18. The van der Waals surface area contributed by atoms with Crippen molar-refractivity contribution in [2.24, 2.45) is 5.92 Å².